The third kappa shape index (κ3) is 2.33. The zero-order valence-electron chi connectivity index (χ0n) is 8.03. The van der Waals surface area contributed by atoms with E-state index in [0.29, 0.717) is 12.0 Å². The highest BCUT2D eigenvalue weighted by Crippen LogP contribution is 2.24. The summed E-state index contributed by atoms with van der Waals surface area (Å²) in [5, 5.41) is 9.58. The number of aliphatic hydroxyl groups is 1. The molecule has 0 heterocycles. The van der Waals surface area contributed by atoms with Gasteiger partial charge >= 0.3 is 0 Å². The van der Waals surface area contributed by atoms with Gasteiger partial charge in [-0.15, -0.1) is 6.58 Å². The van der Waals surface area contributed by atoms with E-state index in [9.17, 15) is 9.50 Å². The monoisotopic (exact) mass is 196 g/mol. The maximum atomic E-state index is 13.0. The maximum Gasteiger partial charge on any atom is 0.165 e. The molecule has 0 saturated heterocycles. The van der Waals surface area contributed by atoms with Gasteiger partial charge in [0, 0.05) is 0 Å². The van der Waals surface area contributed by atoms with Crippen LogP contribution in [0.2, 0.25) is 0 Å². The highest BCUT2D eigenvalue weighted by atomic mass is 19.1. The molecule has 1 aromatic rings. The molecule has 0 radical (unpaired) electrons. The number of benzene rings is 1. The number of halogens is 1. The zero-order valence-corrected chi connectivity index (χ0v) is 8.03. The number of ether oxygens (including phenoxy) is 1. The molecule has 1 rings (SSSR count). The lowest BCUT2D eigenvalue weighted by molar-refractivity contribution is 0.181. The van der Waals surface area contributed by atoms with E-state index >= 15 is 0 Å². The maximum absolute atomic E-state index is 13.0. The highest BCUT2D eigenvalue weighted by Gasteiger charge is 2.09. The largest absolute Gasteiger partial charge is 0.494 e. The fourth-order valence-corrected chi connectivity index (χ4v) is 1.18. The van der Waals surface area contributed by atoms with Crippen LogP contribution >= 0.6 is 0 Å². The van der Waals surface area contributed by atoms with Gasteiger partial charge in [-0.2, -0.15) is 0 Å². The van der Waals surface area contributed by atoms with Crippen molar-refractivity contribution in [3.63, 3.8) is 0 Å². The average Bonchev–Trinajstić information content (AvgIpc) is 2.19. The molecule has 0 aliphatic rings. The molecular formula is C11H13FO2. The highest BCUT2D eigenvalue weighted by molar-refractivity contribution is 5.31. The van der Waals surface area contributed by atoms with Crippen LogP contribution in [0.3, 0.4) is 0 Å². The molecule has 0 saturated carbocycles. The third-order valence-electron chi connectivity index (χ3n) is 1.95. The number of hydrogen-bond donors (Lipinski definition) is 1. The molecule has 3 heteroatoms. The second kappa shape index (κ2) is 4.77. The molecule has 2 nitrogen and oxygen atoms in total. The Bertz CT molecular complexity index is 323. The SMILES string of the molecule is C=CCC(O)c1ccc(F)c(OC)c1. The van der Waals surface area contributed by atoms with E-state index in [0.717, 1.165) is 0 Å². The van der Waals surface area contributed by atoms with Crippen LogP contribution in [0.4, 0.5) is 4.39 Å². The van der Waals surface area contributed by atoms with Crippen molar-refractivity contribution in [2.24, 2.45) is 0 Å². The fourth-order valence-electron chi connectivity index (χ4n) is 1.18. The van der Waals surface area contributed by atoms with Crippen LogP contribution in [0.5, 0.6) is 5.75 Å². The minimum absolute atomic E-state index is 0.144. The van der Waals surface area contributed by atoms with Gasteiger partial charge in [-0.25, -0.2) is 4.39 Å². The summed E-state index contributed by atoms with van der Waals surface area (Å²) >= 11 is 0. The smallest absolute Gasteiger partial charge is 0.165 e. The second-order valence-corrected chi connectivity index (χ2v) is 2.93. The Morgan fingerprint density at radius 2 is 2.36 bits per heavy atom. The molecule has 0 aliphatic carbocycles. The van der Waals surface area contributed by atoms with Crippen molar-refractivity contribution < 1.29 is 14.2 Å². The quantitative estimate of drug-likeness (QED) is 0.749. The van der Waals surface area contributed by atoms with Crippen molar-refractivity contribution in [1.29, 1.82) is 0 Å². The lowest BCUT2D eigenvalue weighted by Crippen LogP contribution is -1.97. The summed E-state index contributed by atoms with van der Waals surface area (Å²) in [6.45, 7) is 3.52. The predicted octanol–water partition coefficient (Wildman–Crippen LogP) is 2.44. The summed E-state index contributed by atoms with van der Waals surface area (Å²) in [6, 6.07) is 4.30. The van der Waals surface area contributed by atoms with Gasteiger partial charge in [-0.1, -0.05) is 12.1 Å². The van der Waals surface area contributed by atoms with E-state index in [1.807, 2.05) is 0 Å². The first-order chi connectivity index (χ1) is 6.69. The average molecular weight is 196 g/mol. The van der Waals surface area contributed by atoms with Crippen molar-refractivity contribution >= 4 is 0 Å². The molecule has 76 valence electrons. The summed E-state index contributed by atoms with van der Waals surface area (Å²) in [5.41, 5.74) is 0.628. The normalized spacial score (nSPS) is 12.2. The van der Waals surface area contributed by atoms with Crippen LogP contribution in [0.15, 0.2) is 30.9 Å². The molecule has 14 heavy (non-hydrogen) atoms. The van der Waals surface area contributed by atoms with Crippen molar-refractivity contribution in [2.75, 3.05) is 7.11 Å². The lowest BCUT2D eigenvalue weighted by atomic mass is 10.1. The number of methoxy groups -OCH3 is 1. The van der Waals surface area contributed by atoms with Gasteiger partial charge in [-0.3, -0.25) is 0 Å². The van der Waals surface area contributed by atoms with Crippen LogP contribution in [-0.2, 0) is 0 Å². The fraction of sp³-hybridized carbons (Fsp3) is 0.273. The zero-order chi connectivity index (χ0) is 10.6. The Morgan fingerprint density at radius 3 is 2.93 bits per heavy atom. The van der Waals surface area contributed by atoms with E-state index in [1.165, 1.54) is 25.3 Å². The Morgan fingerprint density at radius 1 is 1.64 bits per heavy atom. The van der Waals surface area contributed by atoms with Gasteiger partial charge in [0.15, 0.2) is 11.6 Å². The molecule has 1 N–H and O–H groups in total. The van der Waals surface area contributed by atoms with Gasteiger partial charge in [-0.05, 0) is 24.1 Å². The van der Waals surface area contributed by atoms with Gasteiger partial charge in [0.25, 0.3) is 0 Å². The minimum Gasteiger partial charge on any atom is -0.494 e. The molecule has 0 bridgehead atoms. The van der Waals surface area contributed by atoms with Gasteiger partial charge < -0.3 is 9.84 Å². The summed E-state index contributed by atoms with van der Waals surface area (Å²) < 4.78 is 17.8. The standard InChI is InChI=1S/C11H13FO2/c1-3-4-10(13)8-5-6-9(12)11(7-8)14-2/h3,5-7,10,13H,1,4H2,2H3. The number of hydrogen-bond acceptors (Lipinski definition) is 2. The summed E-state index contributed by atoms with van der Waals surface area (Å²) in [4.78, 5) is 0. The van der Waals surface area contributed by atoms with Crippen molar-refractivity contribution in [3.8, 4) is 5.75 Å². The topological polar surface area (TPSA) is 29.5 Å². The Labute approximate surface area is 82.6 Å². The van der Waals surface area contributed by atoms with Crippen LogP contribution in [0, 0.1) is 5.82 Å². The van der Waals surface area contributed by atoms with E-state index in [2.05, 4.69) is 6.58 Å². The van der Waals surface area contributed by atoms with Crippen molar-refractivity contribution in [2.45, 2.75) is 12.5 Å². The van der Waals surface area contributed by atoms with Crippen LogP contribution in [0.1, 0.15) is 18.1 Å². The summed E-state index contributed by atoms with van der Waals surface area (Å²) in [5.74, 6) is -0.285. The first-order valence-corrected chi connectivity index (χ1v) is 4.31. The molecule has 0 aromatic heterocycles. The Balaban J connectivity index is 2.93. The van der Waals surface area contributed by atoms with Crippen LogP contribution in [-0.4, -0.2) is 12.2 Å². The third-order valence-corrected chi connectivity index (χ3v) is 1.95. The molecule has 0 aliphatic heterocycles. The van der Waals surface area contributed by atoms with Crippen molar-refractivity contribution in [3.05, 3.63) is 42.2 Å². The second-order valence-electron chi connectivity index (χ2n) is 2.93. The molecule has 0 amide bonds. The van der Waals surface area contributed by atoms with Gasteiger partial charge in [0.05, 0.1) is 13.2 Å². The van der Waals surface area contributed by atoms with E-state index < -0.39 is 11.9 Å². The van der Waals surface area contributed by atoms with E-state index in [1.54, 1.807) is 6.08 Å². The Hall–Kier alpha value is -1.35. The summed E-state index contributed by atoms with van der Waals surface area (Å²) in [6.07, 6.45) is 1.40. The Kier molecular flexibility index (Phi) is 3.65. The van der Waals surface area contributed by atoms with Crippen molar-refractivity contribution in [1.82, 2.24) is 0 Å². The van der Waals surface area contributed by atoms with E-state index in [-0.39, 0.29) is 5.75 Å². The number of rotatable bonds is 4. The van der Waals surface area contributed by atoms with E-state index in [4.69, 9.17) is 4.74 Å². The molecule has 0 fully saturated rings. The molecule has 1 unspecified atom stereocenters. The number of aliphatic hydroxyl groups excluding tert-OH is 1. The first-order valence-electron chi connectivity index (χ1n) is 4.31. The first kappa shape index (κ1) is 10.7. The van der Waals surface area contributed by atoms with Crippen LogP contribution < -0.4 is 4.74 Å². The van der Waals surface area contributed by atoms with Gasteiger partial charge in [0.1, 0.15) is 0 Å². The van der Waals surface area contributed by atoms with Gasteiger partial charge in [0.2, 0.25) is 0 Å². The molecule has 1 atom stereocenters. The molecular weight excluding hydrogens is 183 g/mol. The predicted molar refractivity (Wildman–Crippen MR) is 52.7 cm³/mol. The molecule has 1 aromatic carbocycles. The minimum atomic E-state index is -0.651. The lowest BCUT2D eigenvalue weighted by Gasteiger charge is -2.10. The van der Waals surface area contributed by atoms with Crippen LogP contribution in [0.25, 0.3) is 0 Å². The summed E-state index contributed by atoms with van der Waals surface area (Å²) in [7, 11) is 1.39. The molecule has 0 spiro atoms.